The second kappa shape index (κ2) is 6.50. The number of nitrogens with zero attached hydrogens (tertiary/aromatic N) is 4. The molecule has 0 unspecified atom stereocenters. The standard InChI is InChI=1S/C22H24N4O/c1-2-26-21-10-6-9-20(18(21)11-23-26)25-14-17-13-24(15-19(17)22(25)27)12-16-7-4-3-5-8-16/h3-11,17,19H,2,12-15H2,1H3/t17-,19-/m1/s1. The number of hydrogen-bond donors (Lipinski definition) is 0. The Morgan fingerprint density at radius 1 is 1.04 bits per heavy atom. The first kappa shape index (κ1) is 16.5. The molecule has 1 aromatic heterocycles. The predicted molar refractivity (Wildman–Crippen MR) is 106 cm³/mol. The van der Waals surface area contributed by atoms with Gasteiger partial charge in [-0.05, 0) is 24.6 Å². The second-order valence-corrected chi connectivity index (χ2v) is 7.67. The van der Waals surface area contributed by atoms with Crippen LogP contribution >= 0.6 is 0 Å². The highest BCUT2D eigenvalue weighted by molar-refractivity contribution is 6.05. The molecule has 138 valence electrons. The molecular weight excluding hydrogens is 336 g/mol. The quantitative estimate of drug-likeness (QED) is 0.718. The van der Waals surface area contributed by atoms with E-state index in [-0.39, 0.29) is 11.8 Å². The van der Waals surface area contributed by atoms with E-state index in [2.05, 4.69) is 53.3 Å². The van der Waals surface area contributed by atoms with Crippen molar-refractivity contribution in [3.05, 3.63) is 60.3 Å². The Kier molecular flexibility index (Phi) is 3.97. The first-order valence-corrected chi connectivity index (χ1v) is 9.77. The molecule has 0 saturated carbocycles. The number of aromatic nitrogens is 2. The lowest BCUT2D eigenvalue weighted by Gasteiger charge is -2.22. The summed E-state index contributed by atoms with van der Waals surface area (Å²) in [5.41, 5.74) is 3.44. The number of fused-ring (bicyclic) bond motifs is 2. The van der Waals surface area contributed by atoms with Crippen LogP contribution in [0, 0.1) is 11.8 Å². The number of anilines is 1. The summed E-state index contributed by atoms with van der Waals surface area (Å²) in [6.07, 6.45) is 1.90. The molecule has 2 atom stereocenters. The lowest BCUT2D eigenvalue weighted by Crippen LogP contribution is -2.32. The molecule has 2 fully saturated rings. The molecule has 2 saturated heterocycles. The molecule has 5 rings (SSSR count). The maximum atomic E-state index is 13.2. The molecule has 3 heterocycles. The lowest BCUT2D eigenvalue weighted by atomic mass is 10.0. The van der Waals surface area contributed by atoms with Crippen LogP contribution in [-0.2, 0) is 17.9 Å². The highest BCUT2D eigenvalue weighted by atomic mass is 16.2. The Hall–Kier alpha value is -2.66. The number of amides is 1. The van der Waals surface area contributed by atoms with Gasteiger partial charge in [0.25, 0.3) is 0 Å². The van der Waals surface area contributed by atoms with E-state index in [9.17, 15) is 4.79 Å². The number of likely N-dealkylation sites (tertiary alicyclic amines) is 1. The molecule has 2 aromatic carbocycles. The van der Waals surface area contributed by atoms with Crippen molar-refractivity contribution in [1.29, 1.82) is 0 Å². The Bertz CT molecular complexity index is 980. The van der Waals surface area contributed by atoms with Crippen molar-refractivity contribution in [3.63, 3.8) is 0 Å². The summed E-state index contributed by atoms with van der Waals surface area (Å²) in [6, 6.07) is 16.7. The summed E-state index contributed by atoms with van der Waals surface area (Å²) in [4.78, 5) is 17.6. The third kappa shape index (κ3) is 2.73. The normalized spacial score (nSPS) is 22.7. The van der Waals surface area contributed by atoms with Gasteiger partial charge in [-0.2, -0.15) is 5.10 Å². The van der Waals surface area contributed by atoms with Gasteiger partial charge in [-0.25, -0.2) is 0 Å². The summed E-state index contributed by atoms with van der Waals surface area (Å²) < 4.78 is 1.99. The second-order valence-electron chi connectivity index (χ2n) is 7.67. The zero-order valence-corrected chi connectivity index (χ0v) is 15.6. The molecule has 2 aliphatic rings. The van der Waals surface area contributed by atoms with Crippen molar-refractivity contribution in [2.24, 2.45) is 11.8 Å². The number of carbonyl (C=O) groups excluding carboxylic acids is 1. The van der Waals surface area contributed by atoms with Gasteiger partial charge in [-0.3, -0.25) is 14.4 Å². The smallest absolute Gasteiger partial charge is 0.231 e. The Balaban J connectivity index is 1.36. The molecule has 27 heavy (non-hydrogen) atoms. The molecule has 0 N–H and O–H groups in total. The van der Waals surface area contributed by atoms with Crippen LogP contribution in [0.3, 0.4) is 0 Å². The Morgan fingerprint density at radius 2 is 1.89 bits per heavy atom. The van der Waals surface area contributed by atoms with Gasteiger partial charge in [0.1, 0.15) is 0 Å². The zero-order valence-electron chi connectivity index (χ0n) is 15.6. The van der Waals surface area contributed by atoms with Crippen LogP contribution in [0.2, 0.25) is 0 Å². The van der Waals surface area contributed by atoms with E-state index < -0.39 is 0 Å². The van der Waals surface area contributed by atoms with Crippen LogP contribution in [-0.4, -0.2) is 40.2 Å². The fraction of sp³-hybridized carbons (Fsp3) is 0.364. The molecule has 5 heteroatoms. The van der Waals surface area contributed by atoms with Crippen LogP contribution in [0.5, 0.6) is 0 Å². The highest BCUT2D eigenvalue weighted by Crippen LogP contribution is 2.38. The van der Waals surface area contributed by atoms with Gasteiger partial charge in [0.15, 0.2) is 0 Å². The average molecular weight is 360 g/mol. The monoisotopic (exact) mass is 360 g/mol. The van der Waals surface area contributed by atoms with Crippen LogP contribution in [0.25, 0.3) is 10.9 Å². The first-order chi connectivity index (χ1) is 13.2. The third-order valence-corrected chi connectivity index (χ3v) is 6.02. The zero-order chi connectivity index (χ0) is 18.4. The number of aryl methyl sites for hydroxylation is 1. The van der Waals surface area contributed by atoms with Gasteiger partial charge in [0.2, 0.25) is 5.91 Å². The van der Waals surface area contributed by atoms with Crippen molar-refractivity contribution < 1.29 is 4.79 Å². The molecule has 1 amide bonds. The molecule has 2 aliphatic heterocycles. The van der Waals surface area contributed by atoms with E-state index in [4.69, 9.17) is 0 Å². The van der Waals surface area contributed by atoms with Crippen molar-refractivity contribution in [1.82, 2.24) is 14.7 Å². The van der Waals surface area contributed by atoms with E-state index >= 15 is 0 Å². The van der Waals surface area contributed by atoms with Gasteiger partial charge in [0.05, 0.1) is 23.3 Å². The number of carbonyl (C=O) groups is 1. The van der Waals surface area contributed by atoms with Crippen LogP contribution < -0.4 is 4.90 Å². The van der Waals surface area contributed by atoms with Crippen molar-refractivity contribution >= 4 is 22.5 Å². The average Bonchev–Trinajstić information content (AvgIpc) is 3.36. The fourth-order valence-corrected chi connectivity index (χ4v) is 4.71. The van der Waals surface area contributed by atoms with Gasteiger partial charge >= 0.3 is 0 Å². The van der Waals surface area contributed by atoms with Crippen LogP contribution in [0.4, 0.5) is 5.69 Å². The summed E-state index contributed by atoms with van der Waals surface area (Å²) in [7, 11) is 0. The highest BCUT2D eigenvalue weighted by Gasteiger charge is 2.46. The van der Waals surface area contributed by atoms with Crippen molar-refractivity contribution in [3.8, 4) is 0 Å². The Morgan fingerprint density at radius 3 is 2.67 bits per heavy atom. The molecule has 0 aliphatic carbocycles. The predicted octanol–water partition coefficient (Wildman–Crippen LogP) is 3.15. The fourth-order valence-electron chi connectivity index (χ4n) is 4.71. The Labute approximate surface area is 159 Å². The molecular formula is C22H24N4O. The van der Waals surface area contributed by atoms with Gasteiger partial charge < -0.3 is 4.90 Å². The maximum Gasteiger partial charge on any atom is 0.231 e. The van der Waals surface area contributed by atoms with Crippen molar-refractivity contribution in [2.75, 3.05) is 24.5 Å². The summed E-state index contributed by atoms with van der Waals surface area (Å²) in [6.45, 7) is 6.52. The van der Waals surface area contributed by atoms with Gasteiger partial charge in [0, 0.05) is 44.0 Å². The minimum Gasteiger partial charge on any atom is -0.311 e. The number of benzene rings is 2. The molecule has 3 aromatic rings. The van der Waals surface area contributed by atoms with E-state index in [0.717, 1.165) is 49.3 Å². The molecule has 0 spiro atoms. The first-order valence-electron chi connectivity index (χ1n) is 9.77. The minimum atomic E-state index is 0.116. The summed E-state index contributed by atoms with van der Waals surface area (Å²) in [5, 5.41) is 5.55. The van der Waals surface area contributed by atoms with E-state index in [0.29, 0.717) is 5.92 Å². The van der Waals surface area contributed by atoms with Gasteiger partial charge in [-0.15, -0.1) is 0 Å². The van der Waals surface area contributed by atoms with Crippen LogP contribution in [0.15, 0.2) is 54.7 Å². The van der Waals surface area contributed by atoms with E-state index in [1.165, 1.54) is 5.56 Å². The third-order valence-electron chi connectivity index (χ3n) is 6.02. The summed E-state index contributed by atoms with van der Waals surface area (Å²) in [5.74, 6) is 0.801. The molecule has 0 bridgehead atoms. The molecule has 0 radical (unpaired) electrons. The minimum absolute atomic E-state index is 0.116. The topological polar surface area (TPSA) is 41.4 Å². The number of hydrogen-bond acceptors (Lipinski definition) is 3. The van der Waals surface area contributed by atoms with E-state index in [1.807, 2.05) is 27.9 Å². The summed E-state index contributed by atoms with van der Waals surface area (Å²) >= 11 is 0. The maximum absolute atomic E-state index is 13.2. The SMILES string of the molecule is CCn1ncc2c(N3C[C@H]4CN(Cc5ccccc5)C[C@H]4C3=O)cccc21. The van der Waals surface area contributed by atoms with E-state index in [1.54, 1.807) is 0 Å². The molecule has 5 nitrogen and oxygen atoms in total. The lowest BCUT2D eigenvalue weighted by molar-refractivity contribution is -0.120. The van der Waals surface area contributed by atoms with Gasteiger partial charge in [-0.1, -0.05) is 36.4 Å². The van der Waals surface area contributed by atoms with Crippen molar-refractivity contribution in [2.45, 2.75) is 20.0 Å². The van der Waals surface area contributed by atoms with Crippen LogP contribution in [0.1, 0.15) is 12.5 Å². The number of rotatable bonds is 4. The largest absolute Gasteiger partial charge is 0.311 e.